The number of nitrogens with zero attached hydrogens (tertiary/aromatic N) is 2. The first-order valence-electron chi connectivity index (χ1n) is 5.87. The molecule has 20 heavy (non-hydrogen) atoms. The molecule has 0 radical (unpaired) electrons. The van der Waals surface area contributed by atoms with Crippen LogP contribution in [0.4, 0.5) is 15.8 Å². The van der Waals surface area contributed by atoms with Crippen LogP contribution >= 0.6 is 11.6 Å². The Balaban J connectivity index is 2.92. The molecule has 112 valence electrons. The number of hydrogen-bond donors (Lipinski definition) is 2. The van der Waals surface area contributed by atoms with E-state index in [1.807, 2.05) is 0 Å². The van der Waals surface area contributed by atoms with Gasteiger partial charge in [-0.3, -0.25) is 10.1 Å². The number of likely N-dealkylation sites (N-methyl/N-ethyl adjacent to an activating group) is 1. The predicted octanol–water partition coefficient (Wildman–Crippen LogP) is 2.11. The van der Waals surface area contributed by atoms with E-state index < -0.39 is 22.0 Å². The van der Waals surface area contributed by atoms with Gasteiger partial charge in [0, 0.05) is 13.1 Å². The minimum atomic E-state index is -1.10. The van der Waals surface area contributed by atoms with E-state index in [1.165, 1.54) is 0 Å². The highest BCUT2D eigenvalue weighted by Gasteiger charge is 2.24. The number of nitro groups is 1. The summed E-state index contributed by atoms with van der Waals surface area (Å²) in [4.78, 5) is 12.0. The fraction of sp³-hybridized carbons (Fsp3) is 0.500. The Kier molecular flexibility index (Phi) is 5.27. The molecule has 1 unspecified atom stereocenters. The normalized spacial score (nSPS) is 14.2. The van der Waals surface area contributed by atoms with Crippen molar-refractivity contribution in [1.82, 2.24) is 4.90 Å². The summed E-state index contributed by atoms with van der Waals surface area (Å²) in [5, 5.41) is 23.5. The Hall–Kier alpha value is -1.44. The van der Waals surface area contributed by atoms with Crippen molar-refractivity contribution in [3.63, 3.8) is 0 Å². The van der Waals surface area contributed by atoms with Gasteiger partial charge in [0.25, 0.3) is 5.69 Å². The largest absolute Gasteiger partial charge is 0.387 e. The molecular formula is C12H17ClFN3O3. The van der Waals surface area contributed by atoms with Crippen molar-refractivity contribution in [2.75, 3.05) is 32.5 Å². The van der Waals surface area contributed by atoms with E-state index in [0.717, 1.165) is 12.1 Å². The van der Waals surface area contributed by atoms with E-state index in [4.69, 9.17) is 11.6 Å². The standard InChI is InChI=1S/C12H17ClFN3O3/c1-12(18,7-16(2)3)6-15-10-4-8(13)9(14)5-11(10)17(19)20/h4-5,15,18H,6-7H2,1-3H3. The Bertz CT molecular complexity index is 509. The van der Waals surface area contributed by atoms with Crippen LogP contribution in [0, 0.1) is 15.9 Å². The minimum Gasteiger partial charge on any atom is -0.387 e. The van der Waals surface area contributed by atoms with Crippen molar-refractivity contribution < 1.29 is 14.4 Å². The molecule has 0 aromatic heterocycles. The van der Waals surface area contributed by atoms with Gasteiger partial charge in [0.1, 0.15) is 11.5 Å². The van der Waals surface area contributed by atoms with Gasteiger partial charge < -0.3 is 15.3 Å². The molecular weight excluding hydrogens is 289 g/mol. The number of nitro benzene ring substituents is 1. The van der Waals surface area contributed by atoms with Gasteiger partial charge >= 0.3 is 0 Å². The molecule has 0 heterocycles. The summed E-state index contributed by atoms with van der Waals surface area (Å²) in [6.45, 7) is 2.02. The van der Waals surface area contributed by atoms with Crippen molar-refractivity contribution >= 4 is 23.0 Å². The number of rotatable bonds is 6. The van der Waals surface area contributed by atoms with Gasteiger partial charge in [-0.15, -0.1) is 0 Å². The molecule has 2 N–H and O–H groups in total. The molecule has 0 amide bonds. The van der Waals surface area contributed by atoms with Gasteiger partial charge in [-0.2, -0.15) is 0 Å². The van der Waals surface area contributed by atoms with E-state index >= 15 is 0 Å². The highest BCUT2D eigenvalue weighted by molar-refractivity contribution is 6.31. The first kappa shape index (κ1) is 16.6. The zero-order valence-electron chi connectivity index (χ0n) is 11.5. The lowest BCUT2D eigenvalue weighted by atomic mass is 10.1. The van der Waals surface area contributed by atoms with Crippen LogP contribution in [0.15, 0.2) is 12.1 Å². The van der Waals surface area contributed by atoms with Gasteiger partial charge in [0.05, 0.1) is 21.6 Å². The molecule has 1 aromatic rings. The molecule has 1 aromatic carbocycles. The van der Waals surface area contributed by atoms with E-state index in [9.17, 15) is 19.6 Å². The SMILES string of the molecule is CN(C)CC(C)(O)CNc1cc(Cl)c(F)cc1[N+](=O)[O-]. The summed E-state index contributed by atoms with van der Waals surface area (Å²) in [5.41, 5.74) is -1.45. The number of benzene rings is 1. The maximum absolute atomic E-state index is 13.2. The fourth-order valence-corrected chi connectivity index (χ4v) is 2.02. The summed E-state index contributed by atoms with van der Waals surface area (Å²) in [7, 11) is 3.59. The summed E-state index contributed by atoms with van der Waals surface area (Å²) in [5.74, 6) is -0.857. The maximum Gasteiger partial charge on any atom is 0.295 e. The lowest BCUT2D eigenvalue weighted by Gasteiger charge is -2.27. The molecule has 6 nitrogen and oxygen atoms in total. The summed E-state index contributed by atoms with van der Waals surface area (Å²) >= 11 is 5.62. The quantitative estimate of drug-likeness (QED) is 0.621. The second kappa shape index (κ2) is 6.34. The number of anilines is 1. The monoisotopic (exact) mass is 305 g/mol. The molecule has 0 aliphatic heterocycles. The zero-order chi connectivity index (χ0) is 15.5. The average molecular weight is 306 g/mol. The van der Waals surface area contributed by atoms with E-state index in [1.54, 1.807) is 25.9 Å². The Morgan fingerprint density at radius 2 is 2.15 bits per heavy atom. The molecule has 0 spiro atoms. The van der Waals surface area contributed by atoms with Crippen molar-refractivity contribution in [2.24, 2.45) is 0 Å². The average Bonchev–Trinajstić information content (AvgIpc) is 2.28. The highest BCUT2D eigenvalue weighted by atomic mass is 35.5. The predicted molar refractivity (Wildman–Crippen MR) is 75.7 cm³/mol. The van der Waals surface area contributed by atoms with Crippen LogP contribution in [0.25, 0.3) is 0 Å². The minimum absolute atomic E-state index is 0.0635. The van der Waals surface area contributed by atoms with Crippen LogP contribution in [0.2, 0.25) is 5.02 Å². The second-order valence-electron chi connectivity index (χ2n) is 5.13. The summed E-state index contributed by atoms with van der Waals surface area (Å²) < 4.78 is 13.2. The van der Waals surface area contributed by atoms with E-state index in [0.29, 0.717) is 6.54 Å². The molecule has 0 saturated heterocycles. The van der Waals surface area contributed by atoms with Crippen LogP contribution in [-0.4, -0.2) is 47.7 Å². The number of halogens is 2. The third-order valence-electron chi connectivity index (χ3n) is 2.55. The molecule has 0 saturated carbocycles. The van der Waals surface area contributed by atoms with Gasteiger partial charge in [0.2, 0.25) is 0 Å². The van der Waals surface area contributed by atoms with Gasteiger partial charge in [-0.1, -0.05) is 11.6 Å². The van der Waals surface area contributed by atoms with Gasteiger partial charge in [-0.05, 0) is 27.1 Å². The Morgan fingerprint density at radius 3 is 2.65 bits per heavy atom. The molecule has 0 aliphatic carbocycles. The lowest BCUT2D eigenvalue weighted by Crippen LogP contribution is -2.43. The molecule has 1 rings (SSSR count). The second-order valence-corrected chi connectivity index (χ2v) is 5.54. The van der Waals surface area contributed by atoms with Crippen LogP contribution in [0.1, 0.15) is 6.92 Å². The van der Waals surface area contributed by atoms with Gasteiger partial charge in [-0.25, -0.2) is 4.39 Å². The van der Waals surface area contributed by atoms with Crippen molar-refractivity contribution in [2.45, 2.75) is 12.5 Å². The highest BCUT2D eigenvalue weighted by Crippen LogP contribution is 2.30. The van der Waals surface area contributed by atoms with Gasteiger partial charge in [0.15, 0.2) is 0 Å². The molecule has 0 fully saturated rings. The fourth-order valence-electron chi connectivity index (χ4n) is 1.85. The third kappa shape index (κ3) is 4.59. The van der Waals surface area contributed by atoms with Crippen molar-refractivity contribution in [1.29, 1.82) is 0 Å². The molecule has 0 aliphatic rings. The van der Waals surface area contributed by atoms with Crippen LogP contribution in [0.3, 0.4) is 0 Å². The molecule has 0 bridgehead atoms. The topological polar surface area (TPSA) is 78.6 Å². The zero-order valence-corrected chi connectivity index (χ0v) is 12.2. The van der Waals surface area contributed by atoms with Crippen LogP contribution in [-0.2, 0) is 0 Å². The van der Waals surface area contributed by atoms with E-state index in [2.05, 4.69) is 5.32 Å². The first-order chi connectivity index (χ1) is 9.12. The summed E-state index contributed by atoms with van der Waals surface area (Å²) in [6.07, 6.45) is 0. The maximum atomic E-state index is 13.2. The lowest BCUT2D eigenvalue weighted by molar-refractivity contribution is -0.384. The first-order valence-corrected chi connectivity index (χ1v) is 6.24. The summed E-state index contributed by atoms with van der Waals surface area (Å²) in [6, 6.07) is 1.89. The van der Waals surface area contributed by atoms with E-state index in [-0.39, 0.29) is 17.3 Å². The molecule has 1 atom stereocenters. The van der Waals surface area contributed by atoms with Crippen LogP contribution in [0.5, 0.6) is 0 Å². The van der Waals surface area contributed by atoms with Crippen LogP contribution < -0.4 is 5.32 Å². The van der Waals surface area contributed by atoms with Crippen molar-refractivity contribution in [3.8, 4) is 0 Å². The van der Waals surface area contributed by atoms with Crippen molar-refractivity contribution in [3.05, 3.63) is 33.1 Å². The number of nitrogens with one attached hydrogen (secondary N) is 1. The third-order valence-corrected chi connectivity index (χ3v) is 2.84. The smallest absolute Gasteiger partial charge is 0.295 e. The Labute approximate surface area is 121 Å². The Morgan fingerprint density at radius 1 is 1.55 bits per heavy atom. The number of hydrogen-bond acceptors (Lipinski definition) is 5. The molecule has 8 heteroatoms. The number of aliphatic hydroxyl groups is 1.